The van der Waals surface area contributed by atoms with Gasteiger partial charge in [0.25, 0.3) is 0 Å². The quantitative estimate of drug-likeness (QED) is 0.295. The van der Waals surface area contributed by atoms with Gasteiger partial charge in [0.1, 0.15) is 0 Å². The molecule has 94 valence electrons. The van der Waals surface area contributed by atoms with Crippen LogP contribution < -0.4 is 10.6 Å². The Kier molecular flexibility index (Phi) is 9.46. The number of guanidine groups is 1. The number of ether oxygens (including phenoxy) is 1. The molecule has 0 aromatic carbocycles. The first kappa shape index (κ1) is 14.7. The van der Waals surface area contributed by atoms with Gasteiger partial charge in [0.15, 0.2) is 5.96 Å². The van der Waals surface area contributed by atoms with E-state index in [0.29, 0.717) is 6.42 Å². The van der Waals surface area contributed by atoms with Crippen molar-refractivity contribution in [2.75, 3.05) is 26.7 Å². The van der Waals surface area contributed by atoms with Crippen LogP contribution in [0.5, 0.6) is 0 Å². The molecule has 0 spiro atoms. The molecule has 0 amide bonds. The maximum atomic E-state index is 10.8. The number of rotatable bonds is 7. The number of aliphatic imine (C=N–C) groups is 1. The topological polar surface area (TPSA) is 62.7 Å². The molecule has 0 radical (unpaired) electrons. The molecule has 0 heterocycles. The molecular formula is C11H23N3O2. The second-order valence-corrected chi connectivity index (χ2v) is 3.32. The van der Waals surface area contributed by atoms with Crippen molar-refractivity contribution in [3.05, 3.63) is 0 Å². The van der Waals surface area contributed by atoms with Crippen molar-refractivity contribution < 1.29 is 9.53 Å². The lowest BCUT2D eigenvalue weighted by atomic mass is 10.2. The van der Waals surface area contributed by atoms with Crippen LogP contribution in [0, 0.1) is 0 Å². The van der Waals surface area contributed by atoms with Gasteiger partial charge >= 0.3 is 5.97 Å². The highest BCUT2D eigenvalue weighted by Gasteiger charge is 1.99. The van der Waals surface area contributed by atoms with E-state index in [4.69, 9.17) is 0 Å². The Labute approximate surface area is 97.7 Å². The number of carbonyl (C=O) groups excluding carboxylic acids is 1. The van der Waals surface area contributed by atoms with E-state index in [1.165, 1.54) is 7.11 Å². The monoisotopic (exact) mass is 229 g/mol. The van der Waals surface area contributed by atoms with Gasteiger partial charge in [-0.05, 0) is 26.7 Å². The summed E-state index contributed by atoms with van der Waals surface area (Å²) in [5, 5.41) is 6.28. The Balaban J connectivity index is 3.65. The lowest BCUT2D eigenvalue weighted by molar-refractivity contribution is -0.140. The Morgan fingerprint density at radius 3 is 2.31 bits per heavy atom. The molecule has 2 N–H and O–H groups in total. The molecule has 0 aliphatic heterocycles. The number of esters is 1. The van der Waals surface area contributed by atoms with E-state index in [9.17, 15) is 4.79 Å². The molecule has 0 atom stereocenters. The van der Waals surface area contributed by atoms with Crippen molar-refractivity contribution in [3.8, 4) is 0 Å². The molecular weight excluding hydrogens is 206 g/mol. The molecule has 0 saturated heterocycles. The van der Waals surface area contributed by atoms with Crippen LogP contribution in [0.15, 0.2) is 4.99 Å². The first-order valence-electron chi connectivity index (χ1n) is 5.83. The summed E-state index contributed by atoms with van der Waals surface area (Å²) < 4.78 is 4.56. The van der Waals surface area contributed by atoms with Crippen molar-refractivity contribution >= 4 is 11.9 Å². The summed E-state index contributed by atoms with van der Waals surface area (Å²) in [5.74, 6) is 0.686. The lowest BCUT2D eigenvalue weighted by Crippen LogP contribution is -2.37. The third-order valence-corrected chi connectivity index (χ3v) is 1.98. The molecule has 5 nitrogen and oxygen atoms in total. The number of unbranched alkanes of at least 4 members (excludes halogenated alkanes) is 1. The molecule has 0 aromatic heterocycles. The van der Waals surface area contributed by atoms with Crippen LogP contribution in [0.1, 0.15) is 33.1 Å². The van der Waals surface area contributed by atoms with Gasteiger partial charge < -0.3 is 15.4 Å². The van der Waals surface area contributed by atoms with Crippen LogP contribution in [-0.2, 0) is 9.53 Å². The molecule has 16 heavy (non-hydrogen) atoms. The molecule has 0 fully saturated rings. The maximum Gasteiger partial charge on any atom is 0.305 e. The number of hydrogen-bond donors (Lipinski definition) is 2. The lowest BCUT2D eigenvalue weighted by Gasteiger charge is -2.08. The summed E-state index contributed by atoms with van der Waals surface area (Å²) in [6.45, 7) is 6.50. The standard InChI is InChI=1S/C11H23N3O2/c1-4-12-11(13-5-2)14-9-7-6-8-10(15)16-3/h4-9H2,1-3H3,(H2,12,13,14). The fourth-order valence-electron chi connectivity index (χ4n) is 1.18. The van der Waals surface area contributed by atoms with E-state index in [2.05, 4.69) is 20.4 Å². The number of nitrogens with one attached hydrogen (secondary N) is 2. The Morgan fingerprint density at radius 2 is 1.81 bits per heavy atom. The highest BCUT2D eigenvalue weighted by molar-refractivity contribution is 5.79. The van der Waals surface area contributed by atoms with Crippen molar-refractivity contribution in [1.82, 2.24) is 10.6 Å². The van der Waals surface area contributed by atoms with Gasteiger partial charge in [0.2, 0.25) is 0 Å². The van der Waals surface area contributed by atoms with Crippen molar-refractivity contribution in [2.45, 2.75) is 33.1 Å². The summed E-state index contributed by atoms with van der Waals surface area (Å²) in [4.78, 5) is 15.2. The number of carbonyl (C=O) groups is 1. The first-order chi connectivity index (χ1) is 7.74. The smallest absolute Gasteiger partial charge is 0.305 e. The van der Waals surface area contributed by atoms with Crippen molar-refractivity contribution in [3.63, 3.8) is 0 Å². The number of nitrogens with zero attached hydrogens (tertiary/aromatic N) is 1. The average Bonchev–Trinajstić information content (AvgIpc) is 2.28. The molecule has 5 heteroatoms. The molecule has 0 aliphatic rings. The van der Waals surface area contributed by atoms with Gasteiger partial charge in [0, 0.05) is 26.1 Å². The highest BCUT2D eigenvalue weighted by atomic mass is 16.5. The normalized spacial score (nSPS) is 9.44. The predicted octanol–water partition coefficient (Wildman–Crippen LogP) is 0.905. The van der Waals surface area contributed by atoms with Crippen molar-refractivity contribution in [2.24, 2.45) is 4.99 Å². The molecule has 0 aliphatic carbocycles. The predicted molar refractivity (Wildman–Crippen MR) is 65.5 cm³/mol. The van der Waals surface area contributed by atoms with Crippen LogP contribution in [0.3, 0.4) is 0 Å². The van der Waals surface area contributed by atoms with E-state index < -0.39 is 0 Å². The Hall–Kier alpha value is -1.26. The third-order valence-electron chi connectivity index (χ3n) is 1.98. The maximum absolute atomic E-state index is 10.8. The highest BCUT2D eigenvalue weighted by Crippen LogP contribution is 1.97. The Morgan fingerprint density at radius 1 is 1.19 bits per heavy atom. The summed E-state index contributed by atoms with van der Waals surface area (Å²) >= 11 is 0. The van der Waals surface area contributed by atoms with Gasteiger partial charge in [-0.3, -0.25) is 9.79 Å². The van der Waals surface area contributed by atoms with Crippen LogP contribution in [0.4, 0.5) is 0 Å². The zero-order valence-corrected chi connectivity index (χ0v) is 10.5. The van der Waals surface area contributed by atoms with Gasteiger partial charge in [0.05, 0.1) is 7.11 Å². The van der Waals surface area contributed by atoms with Crippen LogP contribution in [0.25, 0.3) is 0 Å². The van der Waals surface area contributed by atoms with E-state index in [0.717, 1.165) is 38.4 Å². The number of hydrogen-bond acceptors (Lipinski definition) is 3. The summed E-state index contributed by atoms with van der Waals surface area (Å²) in [6.07, 6.45) is 2.20. The largest absolute Gasteiger partial charge is 0.469 e. The van der Waals surface area contributed by atoms with Gasteiger partial charge in [-0.15, -0.1) is 0 Å². The molecule has 0 rings (SSSR count). The third kappa shape index (κ3) is 8.08. The first-order valence-corrected chi connectivity index (χ1v) is 5.83. The minimum atomic E-state index is -0.150. The number of methoxy groups -OCH3 is 1. The zero-order chi connectivity index (χ0) is 12.2. The molecule has 0 saturated carbocycles. The van der Waals surface area contributed by atoms with E-state index in [1.807, 2.05) is 13.8 Å². The van der Waals surface area contributed by atoms with E-state index >= 15 is 0 Å². The van der Waals surface area contributed by atoms with Crippen LogP contribution >= 0.6 is 0 Å². The van der Waals surface area contributed by atoms with Crippen molar-refractivity contribution in [1.29, 1.82) is 0 Å². The molecule has 0 aromatic rings. The van der Waals surface area contributed by atoms with Crippen LogP contribution in [-0.4, -0.2) is 38.7 Å². The molecule has 0 unspecified atom stereocenters. The Bertz CT molecular complexity index is 209. The second kappa shape index (κ2) is 10.3. The zero-order valence-electron chi connectivity index (χ0n) is 10.5. The minimum Gasteiger partial charge on any atom is -0.469 e. The molecule has 0 bridgehead atoms. The van der Waals surface area contributed by atoms with Crippen LogP contribution in [0.2, 0.25) is 0 Å². The minimum absolute atomic E-state index is 0.150. The fraction of sp³-hybridized carbons (Fsp3) is 0.818. The summed E-state index contributed by atoms with van der Waals surface area (Å²) in [7, 11) is 1.41. The van der Waals surface area contributed by atoms with Gasteiger partial charge in [-0.25, -0.2) is 0 Å². The average molecular weight is 229 g/mol. The fourth-order valence-corrected chi connectivity index (χ4v) is 1.18. The summed E-state index contributed by atoms with van der Waals surface area (Å²) in [6, 6.07) is 0. The van der Waals surface area contributed by atoms with E-state index in [1.54, 1.807) is 0 Å². The SMILES string of the molecule is CCNC(=NCCCCC(=O)OC)NCC. The second-order valence-electron chi connectivity index (χ2n) is 3.32. The summed E-state index contributed by atoms with van der Waals surface area (Å²) in [5.41, 5.74) is 0. The van der Waals surface area contributed by atoms with Gasteiger partial charge in [-0.2, -0.15) is 0 Å². The van der Waals surface area contributed by atoms with E-state index in [-0.39, 0.29) is 5.97 Å². The van der Waals surface area contributed by atoms with Gasteiger partial charge in [-0.1, -0.05) is 0 Å².